The molecule has 2 aromatic heterocycles. The molecule has 0 fully saturated rings. The SMILES string of the molecule is COCCNC(=O)[C@H](C)Sc1nnc(-c2ccoc2C)n1C. The maximum atomic E-state index is 12.0. The van der Waals surface area contributed by atoms with Gasteiger partial charge in [0.25, 0.3) is 0 Å². The van der Waals surface area contributed by atoms with Crippen LogP contribution in [0.4, 0.5) is 0 Å². The van der Waals surface area contributed by atoms with E-state index in [2.05, 4.69) is 15.5 Å². The number of carbonyl (C=O) groups excluding carboxylic acids is 1. The summed E-state index contributed by atoms with van der Waals surface area (Å²) < 4.78 is 12.1. The van der Waals surface area contributed by atoms with E-state index in [-0.39, 0.29) is 11.2 Å². The molecule has 7 nitrogen and oxygen atoms in total. The highest BCUT2D eigenvalue weighted by atomic mass is 32.2. The van der Waals surface area contributed by atoms with Crippen molar-refractivity contribution in [1.82, 2.24) is 20.1 Å². The van der Waals surface area contributed by atoms with E-state index in [0.717, 1.165) is 17.1 Å². The molecule has 0 saturated carbocycles. The second-order valence-electron chi connectivity index (χ2n) is 4.80. The minimum absolute atomic E-state index is 0.0499. The Hall–Kier alpha value is -1.80. The van der Waals surface area contributed by atoms with Crippen LogP contribution in [0.5, 0.6) is 0 Å². The second kappa shape index (κ2) is 7.46. The normalized spacial score (nSPS) is 12.4. The van der Waals surface area contributed by atoms with Gasteiger partial charge in [-0.05, 0) is 19.9 Å². The Balaban J connectivity index is 2.03. The molecule has 2 rings (SSSR count). The number of nitrogens with zero attached hydrogens (tertiary/aromatic N) is 3. The number of ether oxygens (including phenoxy) is 1. The van der Waals surface area contributed by atoms with Gasteiger partial charge in [0.1, 0.15) is 5.76 Å². The number of hydrogen-bond acceptors (Lipinski definition) is 6. The minimum Gasteiger partial charge on any atom is -0.469 e. The molecular weight excluding hydrogens is 304 g/mol. The first-order chi connectivity index (χ1) is 10.5. The molecule has 0 unspecified atom stereocenters. The number of hydrogen-bond donors (Lipinski definition) is 1. The van der Waals surface area contributed by atoms with E-state index in [1.165, 1.54) is 11.8 Å². The Labute approximate surface area is 133 Å². The van der Waals surface area contributed by atoms with Crippen molar-refractivity contribution in [3.05, 3.63) is 18.1 Å². The van der Waals surface area contributed by atoms with E-state index in [9.17, 15) is 4.79 Å². The molecule has 2 aromatic rings. The molecule has 0 spiro atoms. The summed E-state index contributed by atoms with van der Waals surface area (Å²) in [6.07, 6.45) is 1.62. The van der Waals surface area contributed by atoms with Gasteiger partial charge in [-0.3, -0.25) is 4.79 Å². The maximum Gasteiger partial charge on any atom is 0.233 e. The average molecular weight is 324 g/mol. The topological polar surface area (TPSA) is 82.2 Å². The summed E-state index contributed by atoms with van der Waals surface area (Å²) in [4.78, 5) is 12.0. The lowest BCUT2D eigenvalue weighted by Gasteiger charge is -2.11. The minimum atomic E-state index is -0.266. The van der Waals surface area contributed by atoms with Crippen molar-refractivity contribution in [3.8, 4) is 11.4 Å². The molecule has 0 aromatic carbocycles. The lowest BCUT2D eigenvalue weighted by molar-refractivity contribution is -0.120. The van der Waals surface area contributed by atoms with Crippen molar-refractivity contribution in [2.45, 2.75) is 24.3 Å². The van der Waals surface area contributed by atoms with Crippen LogP contribution < -0.4 is 5.32 Å². The summed E-state index contributed by atoms with van der Waals surface area (Å²) >= 11 is 1.37. The van der Waals surface area contributed by atoms with Crippen LogP contribution >= 0.6 is 11.8 Å². The summed E-state index contributed by atoms with van der Waals surface area (Å²) in [6.45, 7) is 4.71. The van der Waals surface area contributed by atoms with Gasteiger partial charge in [-0.1, -0.05) is 11.8 Å². The predicted molar refractivity (Wildman–Crippen MR) is 83.6 cm³/mol. The van der Waals surface area contributed by atoms with E-state index < -0.39 is 0 Å². The fourth-order valence-electron chi connectivity index (χ4n) is 1.90. The smallest absolute Gasteiger partial charge is 0.233 e. The molecule has 0 bridgehead atoms. The molecule has 0 aliphatic heterocycles. The van der Waals surface area contributed by atoms with Crippen LogP contribution in [-0.4, -0.2) is 46.2 Å². The molecule has 0 radical (unpaired) electrons. The van der Waals surface area contributed by atoms with Crippen molar-refractivity contribution in [2.75, 3.05) is 20.3 Å². The summed E-state index contributed by atoms with van der Waals surface area (Å²) in [5.74, 6) is 1.46. The van der Waals surface area contributed by atoms with Crippen LogP contribution in [0.25, 0.3) is 11.4 Å². The molecule has 0 saturated heterocycles. The van der Waals surface area contributed by atoms with Crippen LogP contribution in [0, 0.1) is 6.92 Å². The number of thioether (sulfide) groups is 1. The quantitative estimate of drug-likeness (QED) is 0.616. The van der Waals surface area contributed by atoms with Crippen molar-refractivity contribution in [3.63, 3.8) is 0 Å². The average Bonchev–Trinajstić information content (AvgIpc) is 3.06. The third-order valence-corrected chi connectivity index (χ3v) is 4.33. The fraction of sp³-hybridized carbons (Fsp3) is 0.500. The van der Waals surface area contributed by atoms with Crippen LogP contribution in [0.15, 0.2) is 21.9 Å². The number of furan rings is 1. The monoisotopic (exact) mass is 324 g/mol. The summed E-state index contributed by atoms with van der Waals surface area (Å²) in [7, 11) is 3.48. The van der Waals surface area contributed by atoms with E-state index in [1.807, 2.05) is 31.5 Å². The van der Waals surface area contributed by atoms with E-state index in [4.69, 9.17) is 9.15 Å². The predicted octanol–water partition coefficient (Wildman–Crippen LogP) is 1.63. The first-order valence-corrected chi connectivity index (χ1v) is 7.79. The highest BCUT2D eigenvalue weighted by Gasteiger charge is 2.20. The standard InChI is InChI=1S/C14H20N4O3S/c1-9-11(5-7-21-9)12-16-17-14(18(12)3)22-10(2)13(19)15-6-8-20-4/h5,7,10H,6,8H2,1-4H3,(H,15,19)/t10-/m0/s1. The molecule has 2 heterocycles. The van der Waals surface area contributed by atoms with Crippen molar-refractivity contribution in [2.24, 2.45) is 7.05 Å². The Bertz CT molecular complexity index is 638. The van der Waals surface area contributed by atoms with Crippen molar-refractivity contribution < 1.29 is 13.9 Å². The maximum absolute atomic E-state index is 12.0. The Kier molecular flexibility index (Phi) is 5.62. The molecule has 22 heavy (non-hydrogen) atoms. The molecule has 1 atom stereocenters. The lowest BCUT2D eigenvalue weighted by Crippen LogP contribution is -2.33. The van der Waals surface area contributed by atoms with Crippen molar-refractivity contribution in [1.29, 1.82) is 0 Å². The summed E-state index contributed by atoms with van der Waals surface area (Å²) in [6, 6.07) is 1.86. The first kappa shape index (κ1) is 16.6. The van der Waals surface area contributed by atoms with E-state index >= 15 is 0 Å². The number of aromatic nitrogens is 3. The van der Waals surface area contributed by atoms with Crippen LogP contribution in [0.1, 0.15) is 12.7 Å². The number of amides is 1. The largest absolute Gasteiger partial charge is 0.469 e. The third-order valence-electron chi connectivity index (χ3n) is 3.19. The van der Waals surface area contributed by atoms with E-state index in [0.29, 0.717) is 18.3 Å². The molecule has 120 valence electrons. The number of methoxy groups -OCH3 is 1. The number of aryl methyl sites for hydroxylation is 1. The summed E-state index contributed by atoms with van der Waals surface area (Å²) in [5.41, 5.74) is 0.902. The van der Waals surface area contributed by atoms with Gasteiger partial charge in [-0.25, -0.2) is 0 Å². The van der Waals surface area contributed by atoms with Gasteiger partial charge in [0, 0.05) is 20.7 Å². The Morgan fingerprint density at radius 3 is 2.95 bits per heavy atom. The van der Waals surface area contributed by atoms with Crippen LogP contribution in [-0.2, 0) is 16.6 Å². The Morgan fingerprint density at radius 1 is 1.55 bits per heavy atom. The van der Waals surface area contributed by atoms with Crippen LogP contribution in [0.3, 0.4) is 0 Å². The highest BCUT2D eigenvalue weighted by Crippen LogP contribution is 2.27. The van der Waals surface area contributed by atoms with Gasteiger partial charge in [0.05, 0.1) is 23.7 Å². The van der Waals surface area contributed by atoms with E-state index in [1.54, 1.807) is 13.4 Å². The van der Waals surface area contributed by atoms with Gasteiger partial charge < -0.3 is 19.0 Å². The summed E-state index contributed by atoms with van der Waals surface area (Å²) in [5, 5.41) is 11.6. The first-order valence-electron chi connectivity index (χ1n) is 6.91. The lowest BCUT2D eigenvalue weighted by atomic mass is 10.2. The molecule has 0 aliphatic carbocycles. The second-order valence-corrected chi connectivity index (χ2v) is 6.11. The highest BCUT2D eigenvalue weighted by molar-refractivity contribution is 8.00. The van der Waals surface area contributed by atoms with Gasteiger partial charge in [-0.2, -0.15) is 0 Å². The third kappa shape index (κ3) is 3.69. The number of nitrogens with one attached hydrogen (secondary N) is 1. The van der Waals surface area contributed by atoms with Gasteiger partial charge in [0.15, 0.2) is 11.0 Å². The van der Waals surface area contributed by atoms with Gasteiger partial charge in [-0.15, -0.1) is 10.2 Å². The van der Waals surface area contributed by atoms with Gasteiger partial charge in [0.2, 0.25) is 5.91 Å². The van der Waals surface area contributed by atoms with Crippen molar-refractivity contribution >= 4 is 17.7 Å². The molecule has 8 heteroatoms. The molecule has 1 N–H and O–H groups in total. The van der Waals surface area contributed by atoms with Gasteiger partial charge >= 0.3 is 0 Å². The number of rotatable bonds is 7. The Morgan fingerprint density at radius 2 is 2.32 bits per heavy atom. The fourth-order valence-corrected chi connectivity index (χ4v) is 2.74. The van der Waals surface area contributed by atoms with Crippen LogP contribution in [0.2, 0.25) is 0 Å². The number of carbonyl (C=O) groups is 1. The molecular formula is C14H20N4O3S. The molecule has 0 aliphatic rings. The zero-order valence-electron chi connectivity index (χ0n) is 13.1. The zero-order chi connectivity index (χ0) is 16.1. The zero-order valence-corrected chi connectivity index (χ0v) is 13.9. The molecule has 1 amide bonds.